The Morgan fingerprint density at radius 1 is 1.19 bits per heavy atom. The standard InChI is InChI=1S/C14H22N2/c1-12-5-7-13(8-6-12)16-10-4-9-15-14(2,3)11-16/h5-8,15H,4,9-11H2,1-3H3. The van der Waals surface area contributed by atoms with E-state index in [4.69, 9.17) is 0 Å². The second-order valence-corrected chi connectivity index (χ2v) is 5.42. The lowest BCUT2D eigenvalue weighted by molar-refractivity contribution is 0.416. The van der Waals surface area contributed by atoms with Gasteiger partial charge in [-0.1, -0.05) is 17.7 Å². The van der Waals surface area contributed by atoms with Crippen molar-refractivity contribution in [3.63, 3.8) is 0 Å². The smallest absolute Gasteiger partial charge is 0.0367 e. The number of benzene rings is 1. The molecule has 0 radical (unpaired) electrons. The van der Waals surface area contributed by atoms with Crippen LogP contribution in [0.5, 0.6) is 0 Å². The average molecular weight is 218 g/mol. The van der Waals surface area contributed by atoms with E-state index >= 15 is 0 Å². The van der Waals surface area contributed by atoms with Crippen molar-refractivity contribution in [2.45, 2.75) is 32.7 Å². The molecule has 0 aliphatic carbocycles. The van der Waals surface area contributed by atoms with Crippen LogP contribution in [0.3, 0.4) is 0 Å². The molecule has 1 aromatic carbocycles. The lowest BCUT2D eigenvalue weighted by atomic mass is 10.1. The van der Waals surface area contributed by atoms with Gasteiger partial charge in [0, 0.05) is 24.3 Å². The predicted molar refractivity (Wildman–Crippen MR) is 70.1 cm³/mol. The Labute approximate surface area is 98.7 Å². The molecule has 1 heterocycles. The molecule has 1 N–H and O–H groups in total. The lowest BCUT2D eigenvalue weighted by Gasteiger charge is -2.31. The van der Waals surface area contributed by atoms with Crippen LogP contribution in [0, 0.1) is 6.92 Å². The molecule has 0 atom stereocenters. The molecule has 1 aliphatic heterocycles. The molecule has 0 unspecified atom stereocenters. The van der Waals surface area contributed by atoms with Crippen LogP contribution in [0.2, 0.25) is 0 Å². The maximum Gasteiger partial charge on any atom is 0.0367 e. The van der Waals surface area contributed by atoms with Crippen molar-refractivity contribution >= 4 is 5.69 Å². The molecule has 2 nitrogen and oxygen atoms in total. The van der Waals surface area contributed by atoms with Gasteiger partial charge in [0.2, 0.25) is 0 Å². The maximum atomic E-state index is 3.59. The molecular formula is C14H22N2. The summed E-state index contributed by atoms with van der Waals surface area (Å²) in [7, 11) is 0. The van der Waals surface area contributed by atoms with Crippen molar-refractivity contribution in [1.29, 1.82) is 0 Å². The zero-order valence-corrected chi connectivity index (χ0v) is 10.6. The van der Waals surface area contributed by atoms with E-state index in [1.165, 1.54) is 17.7 Å². The van der Waals surface area contributed by atoms with E-state index in [1.54, 1.807) is 0 Å². The highest BCUT2D eigenvalue weighted by Crippen LogP contribution is 2.20. The number of anilines is 1. The highest BCUT2D eigenvalue weighted by molar-refractivity contribution is 5.48. The Morgan fingerprint density at radius 3 is 2.56 bits per heavy atom. The van der Waals surface area contributed by atoms with Gasteiger partial charge in [0.05, 0.1) is 0 Å². The first kappa shape index (κ1) is 11.5. The summed E-state index contributed by atoms with van der Waals surface area (Å²) in [6.07, 6.45) is 1.22. The first-order valence-corrected chi connectivity index (χ1v) is 6.13. The number of hydrogen-bond acceptors (Lipinski definition) is 2. The van der Waals surface area contributed by atoms with Gasteiger partial charge in [-0.3, -0.25) is 0 Å². The molecule has 1 aromatic rings. The third kappa shape index (κ3) is 2.76. The van der Waals surface area contributed by atoms with Gasteiger partial charge >= 0.3 is 0 Å². The average Bonchev–Trinajstić information content (AvgIpc) is 2.40. The minimum Gasteiger partial charge on any atom is -0.370 e. The Kier molecular flexibility index (Phi) is 3.20. The largest absolute Gasteiger partial charge is 0.370 e. The fraction of sp³-hybridized carbons (Fsp3) is 0.571. The zero-order valence-electron chi connectivity index (χ0n) is 10.6. The quantitative estimate of drug-likeness (QED) is 0.779. The van der Waals surface area contributed by atoms with E-state index in [2.05, 4.69) is 55.3 Å². The topological polar surface area (TPSA) is 15.3 Å². The number of rotatable bonds is 1. The van der Waals surface area contributed by atoms with E-state index < -0.39 is 0 Å². The highest BCUT2D eigenvalue weighted by Gasteiger charge is 2.23. The molecule has 1 aliphatic rings. The fourth-order valence-corrected chi connectivity index (χ4v) is 2.28. The minimum absolute atomic E-state index is 0.210. The minimum atomic E-state index is 0.210. The van der Waals surface area contributed by atoms with Crippen LogP contribution < -0.4 is 10.2 Å². The monoisotopic (exact) mass is 218 g/mol. The maximum absolute atomic E-state index is 3.59. The van der Waals surface area contributed by atoms with Crippen LogP contribution in [0.25, 0.3) is 0 Å². The Morgan fingerprint density at radius 2 is 1.88 bits per heavy atom. The number of nitrogens with zero attached hydrogens (tertiary/aromatic N) is 1. The van der Waals surface area contributed by atoms with Crippen LogP contribution in [0.15, 0.2) is 24.3 Å². The molecular weight excluding hydrogens is 196 g/mol. The van der Waals surface area contributed by atoms with Gasteiger partial charge in [-0.25, -0.2) is 0 Å². The van der Waals surface area contributed by atoms with Gasteiger partial charge in [-0.15, -0.1) is 0 Å². The third-order valence-electron chi connectivity index (χ3n) is 3.19. The van der Waals surface area contributed by atoms with Crippen molar-refractivity contribution < 1.29 is 0 Å². The van der Waals surface area contributed by atoms with E-state index in [0.29, 0.717) is 0 Å². The van der Waals surface area contributed by atoms with Crippen molar-refractivity contribution in [2.75, 3.05) is 24.5 Å². The SMILES string of the molecule is Cc1ccc(N2CCCNC(C)(C)C2)cc1. The second-order valence-electron chi connectivity index (χ2n) is 5.42. The van der Waals surface area contributed by atoms with Gasteiger partial charge in [-0.05, 0) is 45.9 Å². The molecule has 0 amide bonds. The lowest BCUT2D eigenvalue weighted by Crippen LogP contribution is -2.46. The van der Waals surface area contributed by atoms with E-state index in [0.717, 1.165) is 19.6 Å². The molecule has 2 rings (SSSR count). The Balaban J connectivity index is 2.16. The predicted octanol–water partition coefficient (Wildman–Crippen LogP) is 2.57. The fourth-order valence-electron chi connectivity index (χ4n) is 2.28. The summed E-state index contributed by atoms with van der Waals surface area (Å²) in [4.78, 5) is 2.49. The van der Waals surface area contributed by atoms with E-state index in [1.807, 2.05) is 0 Å². The molecule has 0 aromatic heterocycles. The molecule has 0 saturated carbocycles. The van der Waals surface area contributed by atoms with Crippen LogP contribution >= 0.6 is 0 Å². The van der Waals surface area contributed by atoms with Gasteiger partial charge in [0.25, 0.3) is 0 Å². The Bertz CT molecular complexity index is 340. The molecule has 0 spiro atoms. The summed E-state index contributed by atoms with van der Waals surface area (Å²) in [5, 5.41) is 3.59. The second kappa shape index (κ2) is 4.46. The number of nitrogens with one attached hydrogen (secondary N) is 1. The molecule has 16 heavy (non-hydrogen) atoms. The normalized spacial score (nSPS) is 20.6. The summed E-state index contributed by atoms with van der Waals surface area (Å²) in [5.74, 6) is 0. The van der Waals surface area contributed by atoms with Crippen LogP contribution in [0.1, 0.15) is 25.8 Å². The van der Waals surface area contributed by atoms with Crippen LogP contribution in [-0.4, -0.2) is 25.2 Å². The van der Waals surface area contributed by atoms with Crippen molar-refractivity contribution in [2.24, 2.45) is 0 Å². The number of aryl methyl sites for hydroxylation is 1. The highest BCUT2D eigenvalue weighted by atomic mass is 15.2. The number of hydrogen-bond donors (Lipinski definition) is 1. The van der Waals surface area contributed by atoms with Gasteiger partial charge in [-0.2, -0.15) is 0 Å². The van der Waals surface area contributed by atoms with Crippen molar-refractivity contribution in [3.05, 3.63) is 29.8 Å². The molecule has 88 valence electrons. The van der Waals surface area contributed by atoms with Gasteiger partial charge in [0.15, 0.2) is 0 Å². The van der Waals surface area contributed by atoms with Crippen molar-refractivity contribution in [3.8, 4) is 0 Å². The van der Waals surface area contributed by atoms with Gasteiger partial charge < -0.3 is 10.2 Å². The molecule has 2 heteroatoms. The van der Waals surface area contributed by atoms with Gasteiger partial charge in [0.1, 0.15) is 0 Å². The van der Waals surface area contributed by atoms with Crippen LogP contribution in [0.4, 0.5) is 5.69 Å². The Hall–Kier alpha value is -1.02. The van der Waals surface area contributed by atoms with Crippen molar-refractivity contribution in [1.82, 2.24) is 5.32 Å². The first-order chi connectivity index (χ1) is 7.57. The summed E-state index contributed by atoms with van der Waals surface area (Å²) in [6, 6.07) is 8.86. The summed E-state index contributed by atoms with van der Waals surface area (Å²) < 4.78 is 0. The summed E-state index contributed by atoms with van der Waals surface area (Å²) in [6.45, 7) is 10.0. The molecule has 1 saturated heterocycles. The summed E-state index contributed by atoms with van der Waals surface area (Å²) in [5.41, 5.74) is 2.89. The van der Waals surface area contributed by atoms with Crippen LogP contribution in [-0.2, 0) is 0 Å². The molecule has 1 fully saturated rings. The molecule has 0 bridgehead atoms. The first-order valence-electron chi connectivity index (χ1n) is 6.13. The third-order valence-corrected chi connectivity index (χ3v) is 3.19. The zero-order chi connectivity index (χ0) is 11.6. The summed E-state index contributed by atoms with van der Waals surface area (Å²) >= 11 is 0. The van der Waals surface area contributed by atoms with E-state index in [-0.39, 0.29) is 5.54 Å². The van der Waals surface area contributed by atoms with E-state index in [9.17, 15) is 0 Å².